The lowest BCUT2D eigenvalue weighted by Crippen LogP contribution is -2.54. The van der Waals surface area contributed by atoms with E-state index in [1.54, 1.807) is 0 Å². The maximum Gasteiger partial charge on any atom is 0.0366 e. The summed E-state index contributed by atoms with van der Waals surface area (Å²) < 4.78 is 0. The van der Waals surface area contributed by atoms with Crippen LogP contribution in [0.25, 0.3) is 0 Å². The highest BCUT2D eigenvalue weighted by Crippen LogP contribution is 2.61. The SMILES string of the molecule is CCN(CC)c1ccc(CN[C@@H](C)C23CC4CC(CC(C4)C2)C3)cc1. The molecule has 5 rings (SSSR count). The van der Waals surface area contributed by atoms with E-state index >= 15 is 0 Å². The molecule has 4 fully saturated rings. The van der Waals surface area contributed by atoms with E-state index in [9.17, 15) is 0 Å². The summed E-state index contributed by atoms with van der Waals surface area (Å²) in [5, 5.41) is 3.92. The van der Waals surface area contributed by atoms with Crippen LogP contribution in [0.5, 0.6) is 0 Å². The average molecular weight is 341 g/mol. The molecule has 4 saturated carbocycles. The number of hydrogen-bond acceptors (Lipinski definition) is 2. The molecule has 0 aromatic heterocycles. The molecular formula is C23H36N2. The van der Waals surface area contributed by atoms with Gasteiger partial charge >= 0.3 is 0 Å². The van der Waals surface area contributed by atoms with E-state index in [0.29, 0.717) is 11.5 Å². The first-order valence-corrected chi connectivity index (χ1v) is 10.7. The zero-order chi connectivity index (χ0) is 17.4. The third-order valence-corrected chi connectivity index (χ3v) is 7.68. The minimum atomic E-state index is 0.607. The average Bonchev–Trinajstić information content (AvgIpc) is 2.60. The second kappa shape index (κ2) is 6.95. The van der Waals surface area contributed by atoms with Gasteiger partial charge in [0.2, 0.25) is 0 Å². The van der Waals surface area contributed by atoms with Crippen molar-refractivity contribution in [2.45, 2.75) is 71.9 Å². The van der Waals surface area contributed by atoms with Crippen LogP contribution >= 0.6 is 0 Å². The van der Waals surface area contributed by atoms with Gasteiger partial charge in [-0.05, 0) is 100 Å². The smallest absolute Gasteiger partial charge is 0.0366 e. The first-order chi connectivity index (χ1) is 12.1. The highest BCUT2D eigenvalue weighted by Gasteiger charge is 2.52. The van der Waals surface area contributed by atoms with Gasteiger partial charge in [-0.1, -0.05) is 12.1 Å². The molecule has 4 aliphatic carbocycles. The summed E-state index contributed by atoms with van der Waals surface area (Å²) in [5.41, 5.74) is 3.38. The van der Waals surface area contributed by atoms with Crippen LogP contribution in [0.2, 0.25) is 0 Å². The van der Waals surface area contributed by atoms with Crippen molar-refractivity contribution in [3.63, 3.8) is 0 Å². The fourth-order valence-electron chi connectivity index (χ4n) is 6.61. The normalized spacial score (nSPS) is 34.3. The zero-order valence-electron chi connectivity index (χ0n) is 16.4. The maximum atomic E-state index is 3.92. The van der Waals surface area contributed by atoms with Crippen LogP contribution in [-0.4, -0.2) is 19.1 Å². The van der Waals surface area contributed by atoms with Crippen LogP contribution < -0.4 is 10.2 Å². The molecule has 1 aromatic carbocycles. The van der Waals surface area contributed by atoms with Crippen molar-refractivity contribution in [2.24, 2.45) is 23.2 Å². The predicted octanol–water partition coefficient (Wildman–Crippen LogP) is 5.23. The molecule has 0 unspecified atom stereocenters. The molecule has 1 N–H and O–H groups in total. The molecule has 4 aliphatic rings. The monoisotopic (exact) mass is 340 g/mol. The van der Waals surface area contributed by atoms with Crippen LogP contribution in [0, 0.1) is 23.2 Å². The van der Waals surface area contributed by atoms with Crippen molar-refractivity contribution < 1.29 is 0 Å². The second-order valence-electron chi connectivity index (χ2n) is 9.22. The standard InChI is InChI=1S/C23H36N2/c1-4-25(5-2)22-8-6-18(7-9-22)16-24-17(3)23-13-19-10-20(14-23)12-21(11-19)15-23/h6-9,17,19-21,24H,4-5,10-16H2,1-3H3/t17-,19?,20?,21?,23?/m0/s1. The maximum absolute atomic E-state index is 3.92. The molecule has 0 aliphatic heterocycles. The molecule has 4 bridgehead atoms. The molecule has 0 heterocycles. The Kier molecular flexibility index (Phi) is 4.83. The van der Waals surface area contributed by atoms with Crippen molar-refractivity contribution in [2.75, 3.05) is 18.0 Å². The van der Waals surface area contributed by atoms with Gasteiger partial charge in [0.05, 0.1) is 0 Å². The summed E-state index contributed by atoms with van der Waals surface area (Å²) in [6, 6.07) is 9.86. The number of hydrogen-bond donors (Lipinski definition) is 1. The largest absolute Gasteiger partial charge is 0.372 e. The number of benzene rings is 1. The number of nitrogens with zero attached hydrogens (tertiary/aromatic N) is 1. The quantitative estimate of drug-likeness (QED) is 0.731. The lowest BCUT2D eigenvalue weighted by Gasteiger charge is -2.59. The van der Waals surface area contributed by atoms with E-state index in [2.05, 4.69) is 55.3 Å². The summed E-state index contributed by atoms with van der Waals surface area (Å²) in [5.74, 6) is 3.14. The van der Waals surface area contributed by atoms with E-state index in [1.807, 2.05) is 0 Å². The fraction of sp³-hybridized carbons (Fsp3) is 0.739. The number of anilines is 1. The molecule has 2 heteroatoms. The van der Waals surface area contributed by atoms with Crippen LogP contribution in [0.4, 0.5) is 5.69 Å². The van der Waals surface area contributed by atoms with Gasteiger partial charge in [0.25, 0.3) is 0 Å². The Morgan fingerprint density at radius 2 is 1.48 bits per heavy atom. The molecule has 1 atom stereocenters. The van der Waals surface area contributed by atoms with Crippen molar-refractivity contribution in [1.82, 2.24) is 5.32 Å². The van der Waals surface area contributed by atoms with E-state index in [4.69, 9.17) is 0 Å². The van der Waals surface area contributed by atoms with Crippen molar-refractivity contribution in [3.8, 4) is 0 Å². The summed E-state index contributed by atoms with van der Waals surface area (Å²) in [6.45, 7) is 10.1. The Labute approximate surface area is 154 Å². The van der Waals surface area contributed by atoms with Gasteiger partial charge < -0.3 is 10.2 Å². The Morgan fingerprint density at radius 1 is 0.960 bits per heavy atom. The minimum Gasteiger partial charge on any atom is -0.372 e. The van der Waals surface area contributed by atoms with Gasteiger partial charge in [-0.15, -0.1) is 0 Å². The first kappa shape index (κ1) is 17.4. The second-order valence-corrected chi connectivity index (χ2v) is 9.22. The van der Waals surface area contributed by atoms with Crippen LogP contribution in [-0.2, 0) is 6.54 Å². The molecule has 0 radical (unpaired) electrons. The molecule has 0 spiro atoms. The first-order valence-electron chi connectivity index (χ1n) is 10.7. The lowest BCUT2D eigenvalue weighted by atomic mass is 9.48. The molecule has 0 amide bonds. The van der Waals surface area contributed by atoms with Gasteiger partial charge in [-0.25, -0.2) is 0 Å². The molecular weight excluding hydrogens is 304 g/mol. The van der Waals surface area contributed by atoms with Gasteiger partial charge in [0.15, 0.2) is 0 Å². The third kappa shape index (κ3) is 3.35. The van der Waals surface area contributed by atoms with E-state index in [1.165, 1.54) is 49.8 Å². The summed E-state index contributed by atoms with van der Waals surface area (Å²) in [7, 11) is 0. The Bertz CT molecular complexity index is 537. The Balaban J connectivity index is 1.37. The van der Waals surface area contributed by atoms with Gasteiger partial charge in [0, 0.05) is 31.4 Å². The van der Waals surface area contributed by atoms with Crippen LogP contribution in [0.1, 0.15) is 64.9 Å². The predicted molar refractivity (Wildman–Crippen MR) is 107 cm³/mol. The lowest BCUT2D eigenvalue weighted by molar-refractivity contribution is -0.0706. The topological polar surface area (TPSA) is 15.3 Å². The Hall–Kier alpha value is -1.02. The zero-order valence-corrected chi connectivity index (χ0v) is 16.4. The van der Waals surface area contributed by atoms with Crippen molar-refractivity contribution in [3.05, 3.63) is 29.8 Å². The minimum absolute atomic E-state index is 0.607. The molecule has 0 saturated heterocycles. The van der Waals surface area contributed by atoms with Crippen molar-refractivity contribution in [1.29, 1.82) is 0 Å². The molecule has 1 aromatic rings. The van der Waals surface area contributed by atoms with Crippen LogP contribution in [0.15, 0.2) is 24.3 Å². The summed E-state index contributed by atoms with van der Waals surface area (Å²) in [4.78, 5) is 2.41. The highest BCUT2D eigenvalue weighted by atomic mass is 15.1. The molecule has 138 valence electrons. The van der Waals surface area contributed by atoms with Crippen molar-refractivity contribution >= 4 is 5.69 Å². The van der Waals surface area contributed by atoms with Crippen LogP contribution in [0.3, 0.4) is 0 Å². The highest BCUT2D eigenvalue weighted by molar-refractivity contribution is 5.47. The van der Waals surface area contributed by atoms with E-state index in [-0.39, 0.29) is 0 Å². The third-order valence-electron chi connectivity index (χ3n) is 7.68. The number of nitrogens with one attached hydrogen (secondary N) is 1. The van der Waals surface area contributed by atoms with E-state index in [0.717, 1.165) is 37.4 Å². The molecule has 25 heavy (non-hydrogen) atoms. The summed E-state index contributed by atoms with van der Waals surface area (Å²) >= 11 is 0. The molecule has 2 nitrogen and oxygen atoms in total. The Morgan fingerprint density at radius 3 is 1.96 bits per heavy atom. The van der Waals surface area contributed by atoms with Gasteiger partial charge in [-0.3, -0.25) is 0 Å². The fourth-order valence-corrected chi connectivity index (χ4v) is 6.61. The van der Waals surface area contributed by atoms with E-state index < -0.39 is 0 Å². The van der Waals surface area contributed by atoms with Gasteiger partial charge in [-0.2, -0.15) is 0 Å². The number of rotatable bonds is 7. The summed E-state index contributed by atoms with van der Waals surface area (Å²) in [6.07, 6.45) is 9.10. The van der Waals surface area contributed by atoms with Gasteiger partial charge in [0.1, 0.15) is 0 Å².